The van der Waals surface area contributed by atoms with Gasteiger partial charge in [0.1, 0.15) is 6.54 Å². The minimum Gasteiger partial charge on any atom is -0.350 e. The van der Waals surface area contributed by atoms with E-state index in [1.54, 1.807) is 4.68 Å². The van der Waals surface area contributed by atoms with Crippen molar-refractivity contribution in [2.75, 3.05) is 0 Å². The van der Waals surface area contributed by atoms with Crippen LogP contribution in [0.5, 0.6) is 0 Å². The molecule has 0 saturated heterocycles. The van der Waals surface area contributed by atoms with Gasteiger partial charge in [-0.1, -0.05) is 29.8 Å². The summed E-state index contributed by atoms with van der Waals surface area (Å²) in [5, 5.41) is 9.32. The van der Waals surface area contributed by atoms with Gasteiger partial charge in [0.25, 0.3) is 0 Å². The molecule has 0 aliphatic rings. The van der Waals surface area contributed by atoms with Crippen molar-refractivity contribution in [2.24, 2.45) is 0 Å². The first-order valence-electron chi connectivity index (χ1n) is 9.85. The summed E-state index contributed by atoms with van der Waals surface area (Å²) in [5.41, 5.74) is 5.74. The summed E-state index contributed by atoms with van der Waals surface area (Å²) in [4.78, 5) is 17.4. The number of benzene rings is 1. The minimum absolute atomic E-state index is 0.0796. The predicted octanol–water partition coefficient (Wildman–Crippen LogP) is 4.43. The lowest BCUT2D eigenvalue weighted by atomic mass is 10.1. The summed E-state index contributed by atoms with van der Waals surface area (Å²) < 4.78 is 3.79. The number of amides is 1. The van der Waals surface area contributed by atoms with Crippen LogP contribution in [0.25, 0.3) is 16.9 Å². The molecule has 0 atom stereocenters. The molecule has 30 heavy (non-hydrogen) atoms. The number of hydrogen-bond donors (Lipinski definition) is 1. The zero-order chi connectivity index (χ0) is 21.4. The van der Waals surface area contributed by atoms with Gasteiger partial charge in [0.15, 0.2) is 11.5 Å². The summed E-state index contributed by atoms with van der Waals surface area (Å²) in [6.45, 7) is 8.55. The summed E-state index contributed by atoms with van der Waals surface area (Å²) in [6, 6.07) is 13.7. The Balaban J connectivity index is 1.69. The fourth-order valence-electron chi connectivity index (χ4n) is 3.79. The largest absolute Gasteiger partial charge is 0.350 e. The van der Waals surface area contributed by atoms with E-state index in [0.717, 1.165) is 39.4 Å². The Bertz CT molecular complexity index is 1230. The van der Waals surface area contributed by atoms with Crippen molar-refractivity contribution in [3.05, 3.63) is 75.7 Å². The third-order valence-electron chi connectivity index (χ3n) is 5.22. The molecule has 1 amide bonds. The number of carbonyl (C=O) groups excluding carboxylic acids is 1. The zero-order valence-electron chi connectivity index (χ0n) is 17.5. The fraction of sp³-hybridized carbons (Fsp3) is 0.261. The molecule has 0 saturated carbocycles. The normalized spacial score (nSPS) is 11.2. The molecule has 0 spiro atoms. The van der Waals surface area contributed by atoms with Gasteiger partial charge >= 0.3 is 0 Å². The van der Waals surface area contributed by atoms with E-state index in [1.165, 1.54) is 0 Å². The molecular formula is C23H24ClN5O. The number of rotatable bonds is 5. The Labute approximate surface area is 180 Å². The smallest absolute Gasteiger partial charge is 0.242 e. The lowest BCUT2D eigenvalue weighted by molar-refractivity contribution is -0.121. The van der Waals surface area contributed by atoms with Crippen LogP contribution in [-0.4, -0.2) is 25.2 Å². The maximum absolute atomic E-state index is 12.7. The topological polar surface area (TPSA) is 64.7 Å². The second-order valence-electron chi connectivity index (χ2n) is 7.58. The second-order valence-corrected chi connectivity index (χ2v) is 7.99. The quantitative estimate of drug-likeness (QED) is 0.518. The van der Waals surface area contributed by atoms with Gasteiger partial charge < -0.3 is 9.88 Å². The van der Waals surface area contributed by atoms with Crippen molar-refractivity contribution in [1.29, 1.82) is 0 Å². The van der Waals surface area contributed by atoms with Crippen molar-refractivity contribution >= 4 is 28.5 Å². The molecule has 3 aromatic heterocycles. The standard InChI is InChI=1S/C23H24ClN5O/c1-14-11-15(2)26-22-21(14)23(29-16(3)9-10-17(29)4)27-28(22)13-20(30)25-12-18-7-5-6-8-19(18)24/h5-11H,12-13H2,1-4H3,(H,25,30). The van der Waals surface area contributed by atoms with Crippen LogP contribution in [0.2, 0.25) is 5.02 Å². The highest BCUT2D eigenvalue weighted by Crippen LogP contribution is 2.27. The SMILES string of the molecule is Cc1cc(C)c2c(-n3c(C)ccc3C)nn(CC(=O)NCc3ccccc3Cl)c2n1. The van der Waals surface area contributed by atoms with Gasteiger partial charge in [0, 0.05) is 28.6 Å². The van der Waals surface area contributed by atoms with Crippen LogP contribution < -0.4 is 5.32 Å². The van der Waals surface area contributed by atoms with Crippen LogP contribution in [0.1, 0.15) is 28.2 Å². The first-order valence-corrected chi connectivity index (χ1v) is 10.2. The molecule has 3 heterocycles. The summed E-state index contributed by atoms with van der Waals surface area (Å²) in [6.07, 6.45) is 0. The van der Waals surface area contributed by atoms with Gasteiger partial charge in [-0.05, 0) is 63.1 Å². The van der Waals surface area contributed by atoms with Crippen LogP contribution in [0.15, 0.2) is 42.5 Å². The summed E-state index contributed by atoms with van der Waals surface area (Å²) >= 11 is 6.19. The molecule has 0 bridgehead atoms. The lowest BCUT2D eigenvalue weighted by Gasteiger charge is -2.08. The van der Waals surface area contributed by atoms with Gasteiger partial charge in [-0.25, -0.2) is 9.67 Å². The van der Waals surface area contributed by atoms with Crippen molar-refractivity contribution in [3.63, 3.8) is 0 Å². The van der Waals surface area contributed by atoms with Crippen molar-refractivity contribution in [2.45, 2.75) is 40.8 Å². The average molecular weight is 422 g/mol. The fourth-order valence-corrected chi connectivity index (χ4v) is 3.99. The number of aromatic nitrogens is 4. The van der Waals surface area contributed by atoms with E-state index in [2.05, 4.69) is 28.9 Å². The molecule has 1 aromatic carbocycles. The Hall–Kier alpha value is -3.12. The molecule has 0 aliphatic carbocycles. The molecule has 7 heteroatoms. The van der Waals surface area contributed by atoms with E-state index < -0.39 is 0 Å². The summed E-state index contributed by atoms with van der Waals surface area (Å²) in [5.74, 6) is 0.654. The number of pyridine rings is 1. The summed E-state index contributed by atoms with van der Waals surface area (Å²) in [7, 11) is 0. The number of fused-ring (bicyclic) bond motifs is 1. The third kappa shape index (κ3) is 3.71. The molecule has 6 nitrogen and oxygen atoms in total. The number of nitrogens with zero attached hydrogens (tertiary/aromatic N) is 4. The molecule has 0 aliphatic heterocycles. The van der Waals surface area contributed by atoms with E-state index in [0.29, 0.717) is 17.2 Å². The second kappa shape index (κ2) is 7.95. The number of carbonyl (C=O) groups is 1. The van der Waals surface area contributed by atoms with Gasteiger partial charge in [0.05, 0.1) is 5.39 Å². The molecule has 1 N–H and O–H groups in total. The predicted molar refractivity (Wildman–Crippen MR) is 119 cm³/mol. The molecule has 0 radical (unpaired) electrons. The van der Waals surface area contributed by atoms with Gasteiger partial charge in [0.2, 0.25) is 5.91 Å². The average Bonchev–Trinajstić information content (AvgIpc) is 3.20. The highest BCUT2D eigenvalue weighted by atomic mass is 35.5. The van der Waals surface area contributed by atoms with Crippen LogP contribution in [0.4, 0.5) is 0 Å². The number of halogens is 1. The van der Waals surface area contributed by atoms with Crippen molar-refractivity contribution in [3.8, 4) is 5.82 Å². The Morgan fingerprint density at radius 3 is 2.47 bits per heavy atom. The lowest BCUT2D eigenvalue weighted by Crippen LogP contribution is -2.27. The highest BCUT2D eigenvalue weighted by molar-refractivity contribution is 6.31. The number of aryl methyl sites for hydroxylation is 4. The van der Waals surface area contributed by atoms with Crippen molar-refractivity contribution in [1.82, 2.24) is 24.6 Å². The molecular weight excluding hydrogens is 398 g/mol. The first-order chi connectivity index (χ1) is 14.3. The molecule has 0 unspecified atom stereocenters. The molecule has 0 fully saturated rings. The van der Waals surface area contributed by atoms with E-state index >= 15 is 0 Å². The molecule has 4 rings (SSSR count). The van der Waals surface area contributed by atoms with Gasteiger partial charge in [-0.2, -0.15) is 5.10 Å². The van der Waals surface area contributed by atoms with E-state index in [9.17, 15) is 4.79 Å². The highest BCUT2D eigenvalue weighted by Gasteiger charge is 2.20. The molecule has 4 aromatic rings. The Morgan fingerprint density at radius 1 is 1.07 bits per heavy atom. The Morgan fingerprint density at radius 2 is 1.77 bits per heavy atom. The van der Waals surface area contributed by atoms with Crippen LogP contribution >= 0.6 is 11.6 Å². The monoisotopic (exact) mass is 421 g/mol. The number of nitrogens with one attached hydrogen (secondary N) is 1. The van der Waals surface area contributed by atoms with Crippen molar-refractivity contribution < 1.29 is 4.79 Å². The first kappa shape index (κ1) is 20.2. The Kier molecular flexibility index (Phi) is 5.35. The van der Waals surface area contributed by atoms with Gasteiger partial charge in [-0.3, -0.25) is 4.79 Å². The minimum atomic E-state index is -0.146. The van der Waals surface area contributed by atoms with Crippen LogP contribution in [0, 0.1) is 27.7 Å². The number of hydrogen-bond acceptors (Lipinski definition) is 3. The zero-order valence-corrected chi connectivity index (χ0v) is 18.3. The molecule has 154 valence electrons. The van der Waals surface area contributed by atoms with E-state index in [1.807, 2.05) is 51.1 Å². The maximum atomic E-state index is 12.7. The third-order valence-corrected chi connectivity index (χ3v) is 5.59. The maximum Gasteiger partial charge on any atom is 0.242 e. The van der Waals surface area contributed by atoms with E-state index in [4.69, 9.17) is 21.7 Å². The van der Waals surface area contributed by atoms with Crippen LogP contribution in [0.3, 0.4) is 0 Å². The van der Waals surface area contributed by atoms with Crippen LogP contribution in [-0.2, 0) is 17.9 Å². The van der Waals surface area contributed by atoms with Gasteiger partial charge in [-0.15, -0.1) is 0 Å². The van der Waals surface area contributed by atoms with E-state index in [-0.39, 0.29) is 12.5 Å².